The van der Waals surface area contributed by atoms with Crippen LogP contribution in [0, 0.1) is 0 Å². The molecule has 2 rings (SSSR count). The van der Waals surface area contributed by atoms with Gasteiger partial charge in [-0.15, -0.1) is 10.2 Å². The summed E-state index contributed by atoms with van der Waals surface area (Å²) in [5, 5.41) is 7.70. The van der Waals surface area contributed by atoms with Gasteiger partial charge >= 0.3 is 0 Å². The molecule has 0 radical (unpaired) electrons. The number of hydrogen-bond acceptors (Lipinski definition) is 5. The number of pyridine rings is 1. The number of halogens is 1. The molecule has 5 nitrogen and oxygen atoms in total. The number of methoxy groups -OCH3 is 1. The predicted octanol–water partition coefficient (Wildman–Crippen LogP) is 2.11. The quantitative estimate of drug-likeness (QED) is 0.833. The third-order valence-electron chi connectivity index (χ3n) is 2.01. The van der Waals surface area contributed by atoms with Crippen molar-refractivity contribution in [3.8, 4) is 11.6 Å². The number of hydrogen-bond donors (Lipinski definition) is 0. The van der Waals surface area contributed by atoms with Crippen LogP contribution in [0.25, 0.3) is 0 Å². The number of aromatic nitrogens is 3. The normalized spacial score (nSPS) is 10.0. The van der Waals surface area contributed by atoms with Gasteiger partial charge in [0.1, 0.15) is 6.61 Å². The Hall–Kier alpha value is -1.88. The zero-order chi connectivity index (χ0) is 12.1. The summed E-state index contributed by atoms with van der Waals surface area (Å²) < 4.78 is 10.4. The highest BCUT2D eigenvalue weighted by molar-refractivity contribution is 6.30. The maximum atomic E-state index is 5.75. The second kappa shape index (κ2) is 5.45. The topological polar surface area (TPSA) is 57.1 Å². The Morgan fingerprint density at radius 3 is 2.88 bits per heavy atom. The van der Waals surface area contributed by atoms with Crippen LogP contribution < -0.4 is 9.47 Å². The van der Waals surface area contributed by atoms with Crippen molar-refractivity contribution in [2.24, 2.45) is 0 Å². The van der Waals surface area contributed by atoms with Crippen molar-refractivity contribution in [2.45, 2.75) is 6.61 Å². The monoisotopic (exact) mass is 251 g/mol. The van der Waals surface area contributed by atoms with E-state index >= 15 is 0 Å². The molecule has 0 saturated heterocycles. The highest BCUT2D eigenvalue weighted by atomic mass is 35.5. The lowest BCUT2D eigenvalue weighted by atomic mass is 10.4. The molecule has 2 aromatic rings. The van der Waals surface area contributed by atoms with Gasteiger partial charge in [-0.05, 0) is 12.1 Å². The van der Waals surface area contributed by atoms with E-state index in [4.69, 9.17) is 21.1 Å². The Morgan fingerprint density at radius 2 is 2.18 bits per heavy atom. The van der Waals surface area contributed by atoms with Crippen molar-refractivity contribution in [3.05, 3.63) is 41.3 Å². The molecule has 88 valence electrons. The number of rotatable bonds is 4. The van der Waals surface area contributed by atoms with Crippen molar-refractivity contribution >= 4 is 11.6 Å². The van der Waals surface area contributed by atoms with E-state index in [1.54, 1.807) is 12.3 Å². The van der Waals surface area contributed by atoms with Crippen LogP contribution >= 0.6 is 11.6 Å². The first-order valence-corrected chi connectivity index (χ1v) is 5.27. The van der Waals surface area contributed by atoms with E-state index in [1.807, 2.05) is 18.2 Å². The van der Waals surface area contributed by atoms with Crippen molar-refractivity contribution in [1.82, 2.24) is 15.2 Å². The molecular weight excluding hydrogens is 242 g/mol. The molecular formula is C11H10ClN3O2. The summed E-state index contributed by atoms with van der Waals surface area (Å²) in [4.78, 5) is 4.12. The summed E-state index contributed by atoms with van der Waals surface area (Å²) in [6, 6.07) is 7.17. The van der Waals surface area contributed by atoms with E-state index in [2.05, 4.69) is 15.2 Å². The molecule has 2 aromatic heterocycles. The first kappa shape index (κ1) is 11.6. The minimum Gasteiger partial charge on any atom is -0.493 e. The van der Waals surface area contributed by atoms with E-state index in [0.29, 0.717) is 18.2 Å². The largest absolute Gasteiger partial charge is 0.493 e. The van der Waals surface area contributed by atoms with Crippen LogP contribution in [0.5, 0.6) is 11.6 Å². The van der Waals surface area contributed by atoms with Crippen LogP contribution in [0.1, 0.15) is 5.69 Å². The van der Waals surface area contributed by atoms with Gasteiger partial charge in [0.25, 0.3) is 0 Å². The van der Waals surface area contributed by atoms with Gasteiger partial charge in [-0.1, -0.05) is 17.7 Å². The van der Waals surface area contributed by atoms with Crippen molar-refractivity contribution in [2.75, 3.05) is 7.11 Å². The van der Waals surface area contributed by atoms with Crippen molar-refractivity contribution in [3.63, 3.8) is 0 Å². The molecule has 0 aliphatic heterocycles. The highest BCUT2D eigenvalue weighted by Gasteiger charge is 2.06. The van der Waals surface area contributed by atoms with E-state index in [9.17, 15) is 0 Å². The van der Waals surface area contributed by atoms with E-state index < -0.39 is 0 Å². The SMILES string of the molecule is COc1cc(OCc2ccccn2)nnc1Cl. The van der Waals surface area contributed by atoms with Gasteiger partial charge in [-0.3, -0.25) is 4.98 Å². The molecule has 0 amide bonds. The summed E-state index contributed by atoms with van der Waals surface area (Å²) in [6.45, 7) is 0.320. The molecule has 0 fully saturated rings. The molecule has 0 unspecified atom stereocenters. The summed E-state index contributed by atoms with van der Waals surface area (Å²) >= 11 is 5.75. The summed E-state index contributed by atoms with van der Waals surface area (Å²) in [5.41, 5.74) is 0.809. The fraction of sp³-hybridized carbons (Fsp3) is 0.182. The van der Waals surface area contributed by atoms with Gasteiger partial charge < -0.3 is 9.47 Å². The number of ether oxygens (including phenoxy) is 2. The summed E-state index contributed by atoms with van der Waals surface area (Å²) in [6.07, 6.45) is 1.70. The second-order valence-electron chi connectivity index (χ2n) is 3.15. The van der Waals surface area contributed by atoms with Crippen LogP contribution in [0.2, 0.25) is 5.15 Å². The molecule has 0 saturated carbocycles. The Morgan fingerprint density at radius 1 is 1.29 bits per heavy atom. The van der Waals surface area contributed by atoms with Gasteiger partial charge in [-0.25, -0.2) is 0 Å². The van der Waals surface area contributed by atoms with Crippen molar-refractivity contribution in [1.29, 1.82) is 0 Å². The number of nitrogens with zero attached hydrogens (tertiary/aromatic N) is 3. The van der Waals surface area contributed by atoms with Gasteiger partial charge in [0.2, 0.25) is 5.88 Å². The molecule has 0 N–H and O–H groups in total. The van der Waals surface area contributed by atoms with Crippen molar-refractivity contribution < 1.29 is 9.47 Å². The van der Waals surface area contributed by atoms with E-state index in [1.165, 1.54) is 7.11 Å². The second-order valence-corrected chi connectivity index (χ2v) is 3.51. The summed E-state index contributed by atoms with van der Waals surface area (Å²) in [5.74, 6) is 0.773. The van der Waals surface area contributed by atoms with Crippen LogP contribution in [0.3, 0.4) is 0 Å². The van der Waals surface area contributed by atoms with E-state index in [-0.39, 0.29) is 5.15 Å². The van der Waals surface area contributed by atoms with Gasteiger partial charge in [0, 0.05) is 12.3 Å². The molecule has 0 aliphatic rings. The van der Waals surface area contributed by atoms with Crippen LogP contribution in [0.4, 0.5) is 0 Å². The van der Waals surface area contributed by atoms with Crippen LogP contribution in [-0.2, 0) is 6.61 Å². The molecule has 6 heteroatoms. The Kier molecular flexibility index (Phi) is 3.72. The van der Waals surface area contributed by atoms with Gasteiger partial charge in [-0.2, -0.15) is 0 Å². The predicted molar refractivity (Wildman–Crippen MR) is 62.2 cm³/mol. The first-order valence-electron chi connectivity index (χ1n) is 4.89. The lowest BCUT2D eigenvalue weighted by Crippen LogP contribution is -2.01. The fourth-order valence-corrected chi connectivity index (χ4v) is 1.36. The fourth-order valence-electron chi connectivity index (χ4n) is 1.19. The smallest absolute Gasteiger partial charge is 0.237 e. The first-order chi connectivity index (χ1) is 8.29. The van der Waals surface area contributed by atoms with Crippen LogP contribution in [-0.4, -0.2) is 22.3 Å². The minimum atomic E-state index is 0.206. The maximum Gasteiger partial charge on any atom is 0.237 e. The lowest BCUT2D eigenvalue weighted by Gasteiger charge is -2.06. The Labute approximate surface area is 103 Å². The molecule has 0 spiro atoms. The van der Waals surface area contributed by atoms with Gasteiger partial charge in [0.05, 0.1) is 12.8 Å². The molecule has 0 bridgehead atoms. The third kappa shape index (κ3) is 3.04. The van der Waals surface area contributed by atoms with E-state index in [0.717, 1.165) is 5.69 Å². The summed E-state index contributed by atoms with van der Waals surface area (Å²) in [7, 11) is 1.51. The minimum absolute atomic E-state index is 0.206. The third-order valence-corrected chi connectivity index (χ3v) is 2.27. The standard InChI is InChI=1S/C11H10ClN3O2/c1-16-9-6-10(14-15-11(9)12)17-7-8-4-2-3-5-13-8/h2-6H,7H2,1H3. The maximum absolute atomic E-state index is 5.75. The van der Waals surface area contributed by atoms with Crippen LogP contribution in [0.15, 0.2) is 30.5 Å². The molecule has 0 aromatic carbocycles. The molecule has 0 atom stereocenters. The Bertz CT molecular complexity index is 493. The Balaban J connectivity index is 2.04. The molecule has 2 heterocycles. The zero-order valence-corrected chi connectivity index (χ0v) is 9.89. The molecule has 0 aliphatic carbocycles. The average Bonchev–Trinajstić information content (AvgIpc) is 2.39. The van der Waals surface area contributed by atoms with Gasteiger partial charge in [0.15, 0.2) is 10.9 Å². The highest BCUT2D eigenvalue weighted by Crippen LogP contribution is 2.24. The lowest BCUT2D eigenvalue weighted by molar-refractivity contribution is 0.282. The zero-order valence-electron chi connectivity index (χ0n) is 9.13. The molecule has 17 heavy (non-hydrogen) atoms. The average molecular weight is 252 g/mol.